The lowest BCUT2D eigenvalue weighted by Crippen LogP contribution is -1.99. The van der Waals surface area contributed by atoms with Crippen LogP contribution in [0.1, 0.15) is 18.6 Å². The van der Waals surface area contributed by atoms with E-state index in [4.69, 9.17) is 14.2 Å². The van der Waals surface area contributed by atoms with Gasteiger partial charge in [0.2, 0.25) is 0 Å². The molecule has 84 valence electrons. The van der Waals surface area contributed by atoms with Crippen LogP contribution in [0, 0.1) is 0 Å². The minimum absolute atomic E-state index is 0.0147. The minimum atomic E-state index is 0.0147. The molecule has 3 nitrogen and oxygen atoms in total. The lowest BCUT2D eigenvalue weighted by Gasteiger charge is -2.15. The third kappa shape index (κ3) is 2.63. The zero-order valence-corrected chi connectivity index (χ0v) is 10.9. The van der Waals surface area contributed by atoms with Gasteiger partial charge in [-0.3, -0.25) is 0 Å². The number of hydrogen-bond donors (Lipinski definition) is 0. The average molecular weight is 275 g/mol. The summed E-state index contributed by atoms with van der Waals surface area (Å²) in [7, 11) is 4.92. The Labute approximate surface area is 98.5 Å². The van der Waals surface area contributed by atoms with Gasteiger partial charge in [-0.25, -0.2) is 0 Å². The van der Waals surface area contributed by atoms with E-state index >= 15 is 0 Å². The van der Waals surface area contributed by atoms with Crippen molar-refractivity contribution in [2.75, 3.05) is 21.3 Å². The van der Waals surface area contributed by atoms with Crippen molar-refractivity contribution >= 4 is 15.9 Å². The van der Waals surface area contributed by atoms with Crippen LogP contribution in [-0.2, 0) is 4.74 Å². The van der Waals surface area contributed by atoms with Crippen LogP contribution in [0.5, 0.6) is 11.5 Å². The SMILES string of the molecule is COc1cc([C@H](C)OC)cc(OC)c1Br. The van der Waals surface area contributed by atoms with E-state index in [-0.39, 0.29) is 6.10 Å². The van der Waals surface area contributed by atoms with E-state index in [1.54, 1.807) is 21.3 Å². The largest absolute Gasteiger partial charge is 0.495 e. The molecule has 0 aliphatic rings. The molecule has 1 aromatic carbocycles. The van der Waals surface area contributed by atoms with Gasteiger partial charge in [0, 0.05) is 7.11 Å². The molecule has 0 heterocycles. The summed E-state index contributed by atoms with van der Waals surface area (Å²) in [6.45, 7) is 1.97. The number of rotatable bonds is 4. The molecule has 0 fully saturated rings. The highest BCUT2D eigenvalue weighted by molar-refractivity contribution is 9.10. The van der Waals surface area contributed by atoms with E-state index in [0.717, 1.165) is 21.5 Å². The van der Waals surface area contributed by atoms with Gasteiger partial charge in [-0.2, -0.15) is 0 Å². The van der Waals surface area contributed by atoms with Gasteiger partial charge in [0.05, 0.1) is 20.3 Å². The van der Waals surface area contributed by atoms with Crippen LogP contribution in [0.25, 0.3) is 0 Å². The highest BCUT2D eigenvalue weighted by Gasteiger charge is 2.13. The van der Waals surface area contributed by atoms with E-state index in [0.29, 0.717) is 0 Å². The number of methoxy groups -OCH3 is 3. The first-order valence-corrected chi connectivity index (χ1v) is 5.37. The van der Waals surface area contributed by atoms with Crippen molar-refractivity contribution in [3.63, 3.8) is 0 Å². The number of ether oxygens (including phenoxy) is 3. The van der Waals surface area contributed by atoms with E-state index < -0.39 is 0 Å². The van der Waals surface area contributed by atoms with Crippen LogP contribution in [-0.4, -0.2) is 21.3 Å². The van der Waals surface area contributed by atoms with Crippen molar-refractivity contribution in [2.45, 2.75) is 13.0 Å². The van der Waals surface area contributed by atoms with E-state index in [9.17, 15) is 0 Å². The maximum absolute atomic E-state index is 5.25. The molecule has 4 heteroatoms. The molecule has 0 unspecified atom stereocenters. The van der Waals surface area contributed by atoms with Gasteiger partial charge in [-0.15, -0.1) is 0 Å². The Balaban J connectivity index is 3.20. The average Bonchev–Trinajstić information content (AvgIpc) is 2.28. The van der Waals surface area contributed by atoms with Crippen molar-refractivity contribution in [1.82, 2.24) is 0 Å². The Morgan fingerprint density at radius 3 is 1.87 bits per heavy atom. The Kier molecular flexibility index (Phi) is 4.42. The first-order chi connectivity index (χ1) is 7.13. The molecule has 1 atom stereocenters. The molecule has 1 rings (SSSR count). The van der Waals surface area contributed by atoms with Crippen molar-refractivity contribution in [2.24, 2.45) is 0 Å². The van der Waals surface area contributed by atoms with Crippen LogP contribution in [0.4, 0.5) is 0 Å². The summed E-state index contributed by atoms with van der Waals surface area (Å²) in [6, 6.07) is 3.86. The molecular formula is C11H15BrO3. The zero-order valence-electron chi connectivity index (χ0n) is 9.33. The van der Waals surface area contributed by atoms with Gasteiger partial charge in [0.15, 0.2) is 0 Å². The number of halogens is 1. The van der Waals surface area contributed by atoms with Crippen molar-refractivity contribution in [3.8, 4) is 11.5 Å². The maximum Gasteiger partial charge on any atom is 0.137 e. The summed E-state index contributed by atoms with van der Waals surface area (Å²) in [5, 5.41) is 0. The first kappa shape index (κ1) is 12.3. The topological polar surface area (TPSA) is 27.7 Å². The smallest absolute Gasteiger partial charge is 0.137 e. The third-order valence-electron chi connectivity index (χ3n) is 2.29. The molecule has 0 spiro atoms. The number of hydrogen-bond acceptors (Lipinski definition) is 3. The van der Waals surface area contributed by atoms with E-state index in [1.807, 2.05) is 19.1 Å². The molecule has 0 aliphatic carbocycles. The fourth-order valence-electron chi connectivity index (χ4n) is 1.26. The second-order valence-electron chi connectivity index (χ2n) is 3.12. The van der Waals surface area contributed by atoms with Crippen molar-refractivity contribution < 1.29 is 14.2 Å². The Hall–Kier alpha value is -0.740. The molecule has 0 saturated heterocycles. The Morgan fingerprint density at radius 1 is 1.07 bits per heavy atom. The summed E-state index contributed by atoms with van der Waals surface area (Å²) in [4.78, 5) is 0. The van der Waals surface area contributed by atoms with E-state index in [1.165, 1.54) is 0 Å². The normalized spacial score (nSPS) is 12.3. The molecule has 0 radical (unpaired) electrons. The van der Waals surface area contributed by atoms with Crippen molar-refractivity contribution in [3.05, 3.63) is 22.2 Å². The van der Waals surface area contributed by atoms with Crippen LogP contribution < -0.4 is 9.47 Å². The lowest BCUT2D eigenvalue weighted by molar-refractivity contribution is 0.119. The molecule has 15 heavy (non-hydrogen) atoms. The molecule has 0 bridgehead atoms. The Bertz CT molecular complexity index is 314. The summed E-state index contributed by atoms with van der Waals surface area (Å²) < 4.78 is 16.5. The number of benzene rings is 1. The Morgan fingerprint density at radius 2 is 1.53 bits per heavy atom. The van der Waals surface area contributed by atoms with Gasteiger partial charge >= 0.3 is 0 Å². The van der Waals surface area contributed by atoms with Gasteiger partial charge in [-0.05, 0) is 40.5 Å². The summed E-state index contributed by atoms with van der Waals surface area (Å²) in [6.07, 6.45) is 0.0147. The molecule has 0 saturated carbocycles. The standard InChI is InChI=1S/C11H15BrO3/c1-7(13-2)8-5-9(14-3)11(12)10(6-8)15-4/h5-7H,1-4H3/t7-/m0/s1. The monoisotopic (exact) mass is 274 g/mol. The summed E-state index contributed by atoms with van der Waals surface area (Å²) in [5.74, 6) is 1.49. The summed E-state index contributed by atoms with van der Waals surface area (Å²) >= 11 is 3.42. The molecule has 0 N–H and O–H groups in total. The van der Waals surface area contributed by atoms with Crippen LogP contribution in [0.2, 0.25) is 0 Å². The molecule has 0 amide bonds. The molecule has 1 aromatic rings. The predicted molar refractivity (Wildman–Crippen MR) is 62.7 cm³/mol. The fraction of sp³-hybridized carbons (Fsp3) is 0.455. The third-order valence-corrected chi connectivity index (χ3v) is 3.07. The molecule has 0 aliphatic heterocycles. The van der Waals surface area contributed by atoms with E-state index in [2.05, 4.69) is 15.9 Å². The zero-order chi connectivity index (χ0) is 11.4. The van der Waals surface area contributed by atoms with Crippen LogP contribution in [0.15, 0.2) is 16.6 Å². The highest BCUT2D eigenvalue weighted by Crippen LogP contribution is 2.37. The lowest BCUT2D eigenvalue weighted by atomic mass is 10.1. The predicted octanol–water partition coefficient (Wildman–Crippen LogP) is 3.17. The van der Waals surface area contributed by atoms with Gasteiger partial charge < -0.3 is 14.2 Å². The summed E-state index contributed by atoms with van der Waals surface area (Å²) in [5.41, 5.74) is 1.02. The fourth-order valence-corrected chi connectivity index (χ4v) is 1.81. The molecular weight excluding hydrogens is 260 g/mol. The van der Waals surface area contributed by atoms with Gasteiger partial charge in [-0.1, -0.05) is 0 Å². The maximum atomic E-state index is 5.25. The molecule has 0 aromatic heterocycles. The van der Waals surface area contributed by atoms with Gasteiger partial charge in [0.1, 0.15) is 16.0 Å². The second-order valence-corrected chi connectivity index (χ2v) is 3.91. The van der Waals surface area contributed by atoms with Crippen molar-refractivity contribution in [1.29, 1.82) is 0 Å². The van der Waals surface area contributed by atoms with Crippen LogP contribution in [0.3, 0.4) is 0 Å². The van der Waals surface area contributed by atoms with Crippen LogP contribution >= 0.6 is 15.9 Å². The van der Waals surface area contributed by atoms with Gasteiger partial charge in [0.25, 0.3) is 0 Å². The second kappa shape index (κ2) is 5.37. The highest BCUT2D eigenvalue weighted by atomic mass is 79.9. The minimum Gasteiger partial charge on any atom is -0.495 e. The first-order valence-electron chi connectivity index (χ1n) is 4.58. The quantitative estimate of drug-likeness (QED) is 0.844.